The largest absolute Gasteiger partial charge is 0.353 e. The van der Waals surface area contributed by atoms with E-state index in [-0.39, 0.29) is 30.9 Å². The van der Waals surface area contributed by atoms with E-state index in [1.807, 2.05) is 13.8 Å². The van der Waals surface area contributed by atoms with Gasteiger partial charge in [0.25, 0.3) is 0 Å². The van der Waals surface area contributed by atoms with Gasteiger partial charge in [-0.1, -0.05) is 6.92 Å². The predicted molar refractivity (Wildman–Crippen MR) is 61.9 cm³/mol. The topological polar surface area (TPSA) is 70.2 Å². The molecule has 5 nitrogen and oxygen atoms in total. The van der Waals surface area contributed by atoms with Gasteiger partial charge in [-0.15, -0.1) is 0 Å². The van der Waals surface area contributed by atoms with Crippen LogP contribution in [0.25, 0.3) is 0 Å². The van der Waals surface area contributed by atoms with Crippen LogP contribution < -0.4 is 16.0 Å². The van der Waals surface area contributed by atoms with E-state index in [1.165, 1.54) is 0 Å². The highest BCUT2D eigenvalue weighted by atomic mass is 16.2. The minimum absolute atomic E-state index is 0.0289. The van der Waals surface area contributed by atoms with Crippen LogP contribution >= 0.6 is 0 Å². The Kier molecular flexibility index (Phi) is 5.25. The summed E-state index contributed by atoms with van der Waals surface area (Å²) in [5.41, 5.74) is 0. The van der Waals surface area contributed by atoms with Crippen molar-refractivity contribution < 1.29 is 9.59 Å². The average molecular weight is 227 g/mol. The second kappa shape index (κ2) is 6.48. The van der Waals surface area contributed by atoms with Gasteiger partial charge in [0.1, 0.15) is 0 Å². The molecule has 92 valence electrons. The zero-order valence-corrected chi connectivity index (χ0v) is 10.0. The van der Waals surface area contributed by atoms with E-state index in [0.717, 1.165) is 19.3 Å². The smallest absolute Gasteiger partial charge is 0.234 e. The second-order valence-corrected chi connectivity index (χ2v) is 4.32. The van der Waals surface area contributed by atoms with Crippen LogP contribution in [0.5, 0.6) is 0 Å². The summed E-state index contributed by atoms with van der Waals surface area (Å²) in [6.45, 7) is 4.38. The summed E-state index contributed by atoms with van der Waals surface area (Å²) in [6, 6.07) is 0.567. The molecule has 0 saturated heterocycles. The van der Waals surface area contributed by atoms with Gasteiger partial charge >= 0.3 is 0 Å². The quantitative estimate of drug-likeness (QED) is 0.562. The van der Waals surface area contributed by atoms with Crippen LogP contribution in [0.2, 0.25) is 0 Å². The van der Waals surface area contributed by atoms with Crippen molar-refractivity contribution in [1.29, 1.82) is 0 Å². The van der Waals surface area contributed by atoms with Crippen molar-refractivity contribution in [3.05, 3.63) is 0 Å². The molecule has 1 saturated carbocycles. The maximum absolute atomic E-state index is 11.3. The fraction of sp³-hybridized carbons (Fsp3) is 0.818. The molecule has 1 aliphatic rings. The average Bonchev–Trinajstić information content (AvgIpc) is 3.01. The molecule has 0 bridgehead atoms. The number of hydrogen-bond acceptors (Lipinski definition) is 3. The molecule has 5 heteroatoms. The van der Waals surface area contributed by atoms with Gasteiger partial charge in [-0.2, -0.15) is 0 Å². The van der Waals surface area contributed by atoms with Crippen LogP contribution in [0.15, 0.2) is 0 Å². The maximum atomic E-state index is 11.3. The molecular formula is C11H21N3O2. The molecule has 3 N–H and O–H groups in total. The van der Waals surface area contributed by atoms with Gasteiger partial charge in [0.05, 0.1) is 13.1 Å². The maximum Gasteiger partial charge on any atom is 0.234 e. The summed E-state index contributed by atoms with van der Waals surface area (Å²) in [4.78, 5) is 22.6. The lowest BCUT2D eigenvalue weighted by atomic mass is 10.2. The van der Waals surface area contributed by atoms with E-state index in [2.05, 4.69) is 16.0 Å². The molecule has 0 aliphatic heterocycles. The van der Waals surface area contributed by atoms with Crippen molar-refractivity contribution >= 4 is 11.8 Å². The van der Waals surface area contributed by atoms with E-state index in [1.54, 1.807) is 0 Å². The Morgan fingerprint density at radius 1 is 1.25 bits per heavy atom. The van der Waals surface area contributed by atoms with E-state index in [4.69, 9.17) is 0 Å². The van der Waals surface area contributed by atoms with Gasteiger partial charge in [-0.3, -0.25) is 14.9 Å². The molecule has 0 heterocycles. The number of nitrogens with one attached hydrogen (secondary N) is 3. The Bertz CT molecular complexity index is 252. The first-order valence-corrected chi connectivity index (χ1v) is 5.91. The number of rotatable bonds is 7. The summed E-state index contributed by atoms with van der Waals surface area (Å²) in [6.07, 6.45) is 3.08. The first-order valence-electron chi connectivity index (χ1n) is 5.91. The molecular weight excluding hydrogens is 206 g/mol. The van der Waals surface area contributed by atoms with Gasteiger partial charge in [0, 0.05) is 12.1 Å². The van der Waals surface area contributed by atoms with Crippen LogP contribution in [0.3, 0.4) is 0 Å². The van der Waals surface area contributed by atoms with Crippen molar-refractivity contribution in [3.63, 3.8) is 0 Å². The fourth-order valence-corrected chi connectivity index (χ4v) is 1.22. The third-order valence-corrected chi connectivity index (χ3v) is 2.53. The Hall–Kier alpha value is -1.10. The van der Waals surface area contributed by atoms with Crippen LogP contribution in [-0.2, 0) is 9.59 Å². The molecule has 1 unspecified atom stereocenters. The molecule has 1 rings (SSSR count). The zero-order chi connectivity index (χ0) is 12.0. The third kappa shape index (κ3) is 5.70. The fourth-order valence-electron chi connectivity index (χ4n) is 1.22. The van der Waals surface area contributed by atoms with Gasteiger partial charge in [0.15, 0.2) is 0 Å². The van der Waals surface area contributed by atoms with Gasteiger partial charge in [-0.25, -0.2) is 0 Å². The Morgan fingerprint density at radius 2 is 1.88 bits per heavy atom. The highest BCUT2D eigenvalue weighted by Gasteiger charge is 2.22. The Labute approximate surface area is 96.4 Å². The Morgan fingerprint density at radius 3 is 2.44 bits per heavy atom. The monoisotopic (exact) mass is 227 g/mol. The van der Waals surface area contributed by atoms with Crippen molar-refractivity contribution in [3.8, 4) is 0 Å². The third-order valence-electron chi connectivity index (χ3n) is 2.53. The van der Waals surface area contributed by atoms with Crippen molar-refractivity contribution in [1.82, 2.24) is 16.0 Å². The van der Waals surface area contributed by atoms with Gasteiger partial charge in [0.2, 0.25) is 11.8 Å². The van der Waals surface area contributed by atoms with Gasteiger partial charge < -0.3 is 10.6 Å². The highest BCUT2D eigenvalue weighted by molar-refractivity contribution is 5.81. The summed E-state index contributed by atoms with van der Waals surface area (Å²) >= 11 is 0. The SMILES string of the molecule is CCC(C)NC(=O)CNCC(=O)NC1CC1. The number of carbonyl (C=O) groups excluding carboxylic acids is 2. The van der Waals surface area contributed by atoms with Crippen LogP contribution in [0.1, 0.15) is 33.1 Å². The molecule has 1 atom stereocenters. The summed E-state index contributed by atoms with van der Waals surface area (Å²) in [7, 11) is 0. The van der Waals surface area contributed by atoms with Crippen LogP contribution in [0, 0.1) is 0 Å². The predicted octanol–water partition coefficient (Wildman–Crippen LogP) is -0.231. The molecule has 0 spiro atoms. The molecule has 16 heavy (non-hydrogen) atoms. The lowest BCUT2D eigenvalue weighted by molar-refractivity contribution is -0.121. The van der Waals surface area contributed by atoms with Crippen LogP contribution in [0.4, 0.5) is 0 Å². The Balaban J connectivity index is 2.00. The molecule has 0 aromatic heterocycles. The van der Waals surface area contributed by atoms with Gasteiger partial charge in [-0.05, 0) is 26.2 Å². The molecule has 0 aromatic carbocycles. The molecule has 2 amide bonds. The van der Waals surface area contributed by atoms with Crippen LogP contribution in [-0.4, -0.2) is 37.0 Å². The van der Waals surface area contributed by atoms with Crippen molar-refractivity contribution in [2.24, 2.45) is 0 Å². The lowest BCUT2D eigenvalue weighted by Gasteiger charge is -2.11. The highest BCUT2D eigenvalue weighted by Crippen LogP contribution is 2.17. The summed E-state index contributed by atoms with van der Waals surface area (Å²) in [5.74, 6) is -0.0904. The minimum atomic E-state index is -0.0615. The van der Waals surface area contributed by atoms with E-state index in [9.17, 15) is 9.59 Å². The minimum Gasteiger partial charge on any atom is -0.353 e. The first kappa shape index (κ1) is 13.0. The normalized spacial score (nSPS) is 16.6. The lowest BCUT2D eigenvalue weighted by Crippen LogP contribution is -2.42. The number of amides is 2. The second-order valence-electron chi connectivity index (χ2n) is 4.32. The summed E-state index contributed by atoms with van der Waals surface area (Å²) in [5, 5.41) is 8.49. The van der Waals surface area contributed by atoms with E-state index >= 15 is 0 Å². The van der Waals surface area contributed by atoms with Crippen molar-refractivity contribution in [2.45, 2.75) is 45.2 Å². The molecule has 1 aliphatic carbocycles. The summed E-state index contributed by atoms with van der Waals surface area (Å²) < 4.78 is 0. The van der Waals surface area contributed by atoms with E-state index in [0.29, 0.717) is 6.04 Å². The first-order chi connectivity index (χ1) is 7.61. The van der Waals surface area contributed by atoms with E-state index < -0.39 is 0 Å². The molecule has 1 fully saturated rings. The number of carbonyl (C=O) groups is 2. The zero-order valence-electron chi connectivity index (χ0n) is 10.0. The molecule has 0 radical (unpaired) electrons. The standard InChI is InChI=1S/C11H21N3O2/c1-3-8(2)13-10(15)6-12-7-11(16)14-9-4-5-9/h8-9,12H,3-7H2,1-2H3,(H,13,15)(H,14,16). The number of hydrogen-bond donors (Lipinski definition) is 3. The van der Waals surface area contributed by atoms with Crippen molar-refractivity contribution in [2.75, 3.05) is 13.1 Å². The molecule has 0 aromatic rings.